The fourth-order valence-electron chi connectivity index (χ4n) is 3.07. The molecular formula is C14H18N4O2. The monoisotopic (exact) mass is 274 g/mol. The molecule has 0 bridgehead atoms. The molecule has 0 saturated carbocycles. The average molecular weight is 274 g/mol. The molecule has 1 fully saturated rings. The normalized spacial score (nSPS) is 22.6. The van der Waals surface area contributed by atoms with Crippen molar-refractivity contribution in [1.82, 2.24) is 19.5 Å². The highest BCUT2D eigenvalue weighted by molar-refractivity contribution is 5.78. The Morgan fingerprint density at radius 1 is 1.45 bits per heavy atom. The molecule has 3 rings (SSSR count). The lowest BCUT2D eigenvalue weighted by atomic mass is 9.94. The highest BCUT2D eigenvalue weighted by Gasteiger charge is 2.42. The maximum atomic E-state index is 12.3. The van der Waals surface area contributed by atoms with Crippen molar-refractivity contribution in [3.63, 3.8) is 0 Å². The summed E-state index contributed by atoms with van der Waals surface area (Å²) in [7, 11) is 1.55. The molecule has 1 aliphatic heterocycles. The fraction of sp³-hybridized carbons (Fsp3) is 0.500. The van der Waals surface area contributed by atoms with E-state index in [1.807, 2.05) is 21.5 Å². The molecule has 0 aliphatic carbocycles. The van der Waals surface area contributed by atoms with E-state index in [1.54, 1.807) is 19.5 Å². The maximum absolute atomic E-state index is 12.3. The summed E-state index contributed by atoms with van der Waals surface area (Å²) in [5, 5.41) is 4.33. The first-order chi connectivity index (χ1) is 9.66. The number of methoxy groups -OCH3 is 1. The van der Waals surface area contributed by atoms with Crippen LogP contribution in [0.4, 0.5) is 0 Å². The summed E-state index contributed by atoms with van der Waals surface area (Å²) in [6, 6.07) is 3.81. The summed E-state index contributed by atoms with van der Waals surface area (Å²) in [6.45, 7) is 2.96. The average Bonchev–Trinajstić information content (AvgIpc) is 3.05. The number of amides is 1. The van der Waals surface area contributed by atoms with Gasteiger partial charge in [-0.1, -0.05) is 0 Å². The molecule has 1 aliphatic rings. The molecule has 0 aromatic carbocycles. The number of hydrogen-bond donors (Lipinski definition) is 0. The molecule has 1 saturated heterocycles. The number of carbonyl (C=O) groups is 1. The van der Waals surface area contributed by atoms with Crippen LogP contribution >= 0.6 is 0 Å². The Morgan fingerprint density at radius 3 is 3.10 bits per heavy atom. The second kappa shape index (κ2) is 4.86. The molecule has 1 atom stereocenters. The molecule has 1 amide bonds. The van der Waals surface area contributed by atoms with Gasteiger partial charge in [-0.05, 0) is 25.8 Å². The zero-order valence-corrected chi connectivity index (χ0v) is 11.7. The van der Waals surface area contributed by atoms with E-state index in [0.29, 0.717) is 0 Å². The highest BCUT2D eigenvalue weighted by Crippen LogP contribution is 2.38. The number of rotatable bonds is 3. The Hall–Kier alpha value is -1.95. The molecule has 0 spiro atoms. The molecule has 3 heterocycles. The number of carbonyl (C=O) groups excluding carboxylic acids is 1. The molecule has 0 radical (unpaired) electrons. The van der Waals surface area contributed by atoms with Gasteiger partial charge >= 0.3 is 0 Å². The van der Waals surface area contributed by atoms with Crippen LogP contribution in [0.2, 0.25) is 0 Å². The lowest BCUT2D eigenvalue weighted by molar-refractivity contribution is -0.139. The molecule has 0 unspecified atom stereocenters. The fourth-order valence-corrected chi connectivity index (χ4v) is 3.07. The maximum Gasteiger partial charge on any atom is 0.249 e. The number of ether oxygens (including phenoxy) is 1. The Balaban J connectivity index is 2.06. The molecule has 6 nitrogen and oxygen atoms in total. The van der Waals surface area contributed by atoms with Gasteiger partial charge < -0.3 is 9.64 Å². The predicted octanol–water partition coefficient (Wildman–Crippen LogP) is 1.21. The van der Waals surface area contributed by atoms with Gasteiger partial charge in [-0.3, -0.25) is 4.79 Å². The van der Waals surface area contributed by atoms with Crippen LogP contribution in [0.5, 0.6) is 0 Å². The highest BCUT2D eigenvalue weighted by atomic mass is 16.5. The SMILES string of the molecule is COCC(=O)N1CCC[C@]1(C)c1ccnc2ccnn12. The van der Waals surface area contributed by atoms with E-state index in [2.05, 4.69) is 17.0 Å². The minimum Gasteiger partial charge on any atom is -0.375 e. The summed E-state index contributed by atoms with van der Waals surface area (Å²) in [6.07, 6.45) is 5.40. The molecule has 6 heteroatoms. The Labute approximate surface area is 117 Å². The zero-order valence-electron chi connectivity index (χ0n) is 11.7. The minimum atomic E-state index is -0.358. The van der Waals surface area contributed by atoms with Crippen LogP contribution in [0, 0.1) is 0 Å². The van der Waals surface area contributed by atoms with Crippen molar-refractivity contribution >= 4 is 11.6 Å². The third kappa shape index (κ3) is 1.87. The van der Waals surface area contributed by atoms with Gasteiger partial charge in [-0.2, -0.15) is 5.10 Å². The summed E-state index contributed by atoms with van der Waals surface area (Å²) >= 11 is 0. The van der Waals surface area contributed by atoms with Crippen molar-refractivity contribution in [3.05, 3.63) is 30.2 Å². The first-order valence-electron chi connectivity index (χ1n) is 6.75. The molecule has 0 N–H and O–H groups in total. The van der Waals surface area contributed by atoms with E-state index in [0.717, 1.165) is 30.7 Å². The number of hydrogen-bond acceptors (Lipinski definition) is 4. The first-order valence-corrected chi connectivity index (χ1v) is 6.75. The zero-order chi connectivity index (χ0) is 14.2. The third-order valence-corrected chi connectivity index (χ3v) is 4.05. The molecule has 20 heavy (non-hydrogen) atoms. The summed E-state index contributed by atoms with van der Waals surface area (Å²) in [5.74, 6) is 0.0182. The van der Waals surface area contributed by atoms with E-state index < -0.39 is 0 Å². The lowest BCUT2D eigenvalue weighted by Crippen LogP contribution is -2.45. The number of aromatic nitrogens is 3. The van der Waals surface area contributed by atoms with Gasteiger partial charge in [0.05, 0.1) is 17.4 Å². The lowest BCUT2D eigenvalue weighted by Gasteiger charge is -2.35. The summed E-state index contributed by atoms with van der Waals surface area (Å²) < 4.78 is 6.81. The van der Waals surface area contributed by atoms with Crippen LogP contribution in [0.3, 0.4) is 0 Å². The van der Waals surface area contributed by atoms with E-state index in [9.17, 15) is 4.79 Å². The largest absolute Gasteiger partial charge is 0.375 e. The van der Waals surface area contributed by atoms with Gasteiger partial charge in [0, 0.05) is 25.9 Å². The number of nitrogens with zero attached hydrogens (tertiary/aromatic N) is 4. The topological polar surface area (TPSA) is 59.7 Å². The standard InChI is InChI=1S/C14H18N4O2/c1-14(6-3-9-17(14)13(19)10-20-2)11-4-7-15-12-5-8-16-18(11)12/h4-5,7-8H,3,6,9-10H2,1-2H3/t14-/m1/s1. The van der Waals surface area contributed by atoms with E-state index >= 15 is 0 Å². The molecule has 2 aromatic rings. The van der Waals surface area contributed by atoms with Crippen molar-refractivity contribution in [1.29, 1.82) is 0 Å². The van der Waals surface area contributed by atoms with Crippen LogP contribution in [-0.2, 0) is 15.1 Å². The third-order valence-electron chi connectivity index (χ3n) is 4.05. The summed E-state index contributed by atoms with van der Waals surface area (Å²) in [5.41, 5.74) is 1.44. The smallest absolute Gasteiger partial charge is 0.249 e. The van der Waals surface area contributed by atoms with E-state index in [4.69, 9.17) is 4.74 Å². The predicted molar refractivity (Wildman–Crippen MR) is 73.2 cm³/mol. The number of likely N-dealkylation sites (tertiary alicyclic amines) is 1. The quantitative estimate of drug-likeness (QED) is 0.844. The van der Waals surface area contributed by atoms with Crippen LogP contribution in [0.15, 0.2) is 24.5 Å². The van der Waals surface area contributed by atoms with Crippen molar-refractivity contribution < 1.29 is 9.53 Å². The van der Waals surface area contributed by atoms with Crippen molar-refractivity contribution in [2.45, 2.75) is 25.3 Å². The molecule has 106 valence electrons. The Morgan fingerprint density at radius 2 is 2.30 bits per heavy atom. The second-order valence-corrected chi connectivity index (χ2v) is 5.29. The number of fused-ring (bicyclic) bond motifs is 1. The van der Waals surface area contributed by atoms with Crippen molar-refractivity contribution in [2.75, 3.05) is 20.3 Å². The van der Waals surface area contributed by atoms with E-state index in [1.165, 1.54) is 0 Å². The van der Waals surface area contributed by atoms with Crippen LogP contribution < -0.4 is 0 Å². The van der Waals surface area contributed by atoms with Gasteiger partial charge in [-0.25, -0.2) is 9.50 Å². The van der Waals surface area contributed by atoms with Gasteiger partial charge in [-0.15, -0.1) is 0 Å². The minimum absolute atomic E-state index is 0.0182. The van der Waals surface area contributed by atoms with Gasteiger partial charge in [0.25, 0.3) is 0 Å². The van der Waals surface area contributed by atoms with Gasteiger partial charge in [0.15, 0.2) is 5.65 Å². The van der Waals surface area contributed by atoms with Crippen LogP contribution in [0.25, 0.3) is 5.65 Å². The van der Waals surface area contributed by atoms with Gasteiger partial charge in [0.1, 0.15) is 6.61 Å². The molecular weight excluding hydrogens is 256 g/mol. The van der Waals surface area contributed by atoms with Crippen molar-refractivity contribution in [3.8, 4) is 0 Å². The van der Waals surface area contributed by atoms with Gasteiger partial charge in [0.2, 0.25) is 5.91 Å². The molecule has 2 aromatic heterocycles. The van der Waals surface area contributed by atoms with E-state index in [-0.39, 0.29) is 18.1 Å². The van der Waals surface area contributed by atoms with Crippen LogP contribution in [-0.4, -0.2) is 45.7 Å². The summed E-state index contributed by atoms with van der Waals surface area (Å²) in [4.78, 5) is 18.4. The first kappa shape index (κ1) is 13.1. The Kier molecular flexibility index (Phi) is 3.17. The van der Waals surface area contributed by atoms with Crippen LogP contribution in [0.1, 0.15) is 25.5 Å². The van der Waals surface area contributed by atoms with Crippen molar-refractivity contribution in [2.24, 2.45) is 0 Å². The second-order valence-electron chi connectivity index (χ2n) is 5.29. The Bertz CT molecular complexity index is 639.